The summed E-state index contributed by atoms with van der Waals surface area (Å²) >= 11 is 5.79. The van der Waals surface area contributed by atoms with Crippen molar-refractivity contribution < 1.29 is 4.79 Å². The number of primary amides is 1. The Morgan fingerprint density at radius 1 is 1.44 bits per heavy atom. The van der Waals surface area contributed by atoms with Crippen LogP contribution in [0.25, 0.3) is 0 Å². The topological polar surface area (TPSA) is 55.1 Å². The number of hydrogen-bond acceptors (Lipinski definition) is 2. The van der Waals surface area contributed by atoms with Gasteiger partial charge in [-0.3, -0.25) is 4.79 Å². The molecule has 0 aliphatic rings. The predicted octanol–water partition coefficient (Wildman–Crippen LogP) is 2.80. The van der Waals surface area contributed by atoms with E-state index >= 15 is 0 Å². The van der Waals surface area contributed by atoms with Gasteiger partial charge in [0, 0.05) is 10.7 Å². The summed E-state index contributed by atoms with van der Waals surface area (Å²) in [6, 6.07) is 7.22. The first-order valence-corrected chi connectivity index (χ1v) is 5.69. The van der Waals surface area contributed by atoms with Crippen molar-refractivity contribution in [2.24, 2.45) is 5.73 Å². The maximum absolute atomic E-state index is 11.4. The molecule has 0 aliphatic heterocycles. The third-order valence-electron chi connectivity index (χ3n) is 2.56. The van der Waals surface area contributed by atoms with Gasteiger partial charge in [0.15, 0.2) is 0 Å². The Balaban J connectivity index is 2.83. The second-order valence-electron chi connectivity index (χ2n) is 4.08. The quantitative estimate of drug-likeness (QED) is 0.832. The number of anilines is 1. The van der Waals surface area contributed by atoms with E-state index in [1.165, 1.54) is 0 Å². The minimum absolute atomic E-state index is 0.343. The highest BCUT2D eigenvalue weighted by Gasteiger charge is 2.29. The van der Waals surface area contributed by atoms with Gasteiger partial charge in [-0.15, -0.1) is 0 Å². The summed E-state index contributed by atoms with van der Waals surface area (Å²) in [7, 11) is 0. The molecular formula is C12H17ClN2O. The maximum Gasteiger partial charge on any atom is 0.242 e. The predicted molar refractivity (Wildman–Crippen MR) is 67.6 cm³/mol. The van der Waals surface area contributed by atoms with Gasteiger partial charge in [0.05, 0.1) is 0 Å². The molecule has 0 aliphatic carbocycles. The van der Waals surface area contributed by atoms with E-state index in [4.69, 9.17) is 17.3 Å². The SMILES string of the molecule is CCCC(C)(Nc1ccc(Cl)cc1)C(N)=O. The van der Waals surface area contributed by atoms with E-state index < -0.39 is 5.54 Å². The van der Waals surface area contributed by atoms with Crippen LogP contribution in [0.5, 0.6) is 0 Å². The molecule has 16 heavy (non-hydrogen) atoms. The van der Waals surface area contributed by atoms with Crippen LogP contribution in [0.4, 0.5) is 5.69 Å². The van der Waals surface area contributed by atoms with E-state index in [1.54, 1.807) is 12.1 Å². The van der Waals surface area contributed by atoms with Crippen molar-refractivity contribution in [1.29, 1.82) is 0 Å². The number of benzene rings is 1. The van der Waals surface area contributed by atoms with E-state index in [0.29, 0.717) is 11.4 Å². The third-order valence-corrected chi connectivity index (χ3v) is 2.81. The fourth-order valence-corrected chi connectivity index (χ4v) is 1.73. The van der Waals surface area contributed by atoms with Crippen LogP contribution in [0.3, 0.4) is 0 Å². The molecule has 1 amide bonds. The molecule has 0 saturated carbocycles. The van der Waals surface area contributed by atoms with Gasteiger partial charge in [-0.1, -0.05) is 24.9 Å². The molecule has 0 aromatic heterocycles. The normalized spacial score (nSPS) is 14.2. The Morgan fingerprint density at radius 3 is 2.44 bits per heavy atom. The number of carbonyl (C=O) groups is 1. The smallest absolute Gasteiger partial charge is 0.242 e. The van der Waals surface area contributed by atoms with Gasteiger partial charge in [0.2, 0.25) is 5.91 Å². The lowest BCUT2D eigenvalue weighted by Gasteiger charge is -2.28. The largest absolute Gasteiger partial charge is 0.371 e. The molecule has 88 valence electrons. The highest BCUT2D eigenvalue weighted by atomic mass is 35.5. The standard InChI is InChI=1S/C12H17ClN2O/c1-3-8-12(2,11(14)16)15-10-6-4-9(13)5-7-10/h4-7,15H,3,8H2,1-2H3,(H2,14,16). The Hall–Kier alpha value is -1.22. The van der Waals surface area contributed by atoms with Gasteiger partial charge >= 0.3 is 0 Å². The van der Waals surface area contributed by atoms with Crippen molar-refractivity contribution in [3.05, 3.63) is 29.3 Å². The molecule has 1 atom stereocenters. The number of halogens is 1. The average Bonchev–Trinajstić information content (AvgIpc) is 2.22. The number of nitrogens with two attached hydrogens (primary N) is 1. The fraction of sp³-hybridized carbons (Fsp3) is 0.417. The van der Waals surface area contributed by atoms with Gasteiger partial charge in [-0.25, -0.2) is 0 Å². The summed E-state index contributed by atoms with van der Waals surface area (Å²) in [5.74, 6) is -0.343. The minimum atomic E-state index is -0.706. The number of carbonyl (C=O) groups excluding carboxylic acids is 1. The molecule has 1 aromatic rings. The molecule has 1 aromatic carbocycles. The van der Waals surface area contributed by atoms with Crippen molar-refractivity contribution in [3.63, 3.8) is 0 Å². The minimum Gasteiger partial charge on any atom is -0.371 e. The van der Waals surface area contributed by atoms with Crippen molar-refractivity contribution in [3.8, 4) is 0 Å². The molecular weight excluding hydrogens is 224 g/mol. The summed E-state index contributed by atoms with van der Waals surface area (Å²) in [4.78, 5) is 11.4. The molecule has 0 fully saturated rings. The molecule has 0 saturated heterocycles. The van der Waals surface area contributed by atoms with Crippen molar-refractivity contribution >= 4 is 23.2 Å². The van der Waals surface area contributed by atoms with E-state index in [1.807, 2.05) is 26.0 Å². The second-order valence-corrected chi connectivity index (χ2v) is 4.51. The van der Waals surface area contributed by atoms with Crippen LogP contribution in [0.15, 0.2) is 24.3 Å². The third kappa shape index (κ3) is 3.14. The maximum atomic E-state index is 11.4. The lowest BCUT2D eigenvalue weighted by atomic mass is 9.95. The summed E-state index contributed by atoms with van der Waals surface area (Å²) in [5, 5.41) is 3.82. The van der Waals surface area contributed by atoms with Gasteiger partial charge in [-0.2, -0.15) is 0 Å². The van der Waals surface area contributed by atoms with E-state index in [9.17, 15) is 4.79 Å². The lowest BCUT2D eigenvalue weighted by Crippen LogP contribution is -2.47. The molecule has 0 heterocycles. The summed E-state index contributed by atoms with van der Waals surface area (Å²) < 4.78 is 0. The number of nitrogens with one attached hydrogen (secondary N) is 1. The summed E-state index contributed by atoms with van der Waals surface area (Å²) in [5.41, 5.74) is 5.55. The van der Waals surface area contributed by atoms with Crippen LogP contribution >= 0.6 is 11.6 Å². The Labute approximate surface area is 101 Å². The first kappa shape index (κ1) is 12.8. The molecule has 4 heteroatoms. The van der Waals surface area contributed by atoms with E-state index in [2.05, 4.69) is 5.32 Å². The zero-order valence-electron chi connectivity index (χ0n) is 9.59. The highest BCUT2D eigenvalue weighted by Crippen LogP contribution is 2.21. The van der Waals surface area contributed by atoms with Crippen molar-refractivity contribution in [2.45, 2.75) is 32.2 Å². The molecule has 0 radical (unpaired) electrons. The molecule has 3 nitrogen and oxygen atoms in total. The van der Waals surface area contributed by atoms with Crippen LogP contribution in [-0.2, 0) is 4.79 Å². The van der Waals surface area contributed by atoms with Gasteiger partial charge in [-0.05, 0) is 37.6 Å². The van der Waals surface area contributed by atoms with Gasteiger partial charge in [0.25, 0.3) is 0 Å². The number of rotatable bonds is 5. The fourth-order valence-electron chi connectivity index (χ4n) is 1.60. The van der Waals surface area contributed by atoms with Crippen LogP contribution < -0.4 is 11.1 Å². The van der Waals surface area contributed by atoms with Crippen LogP contribution in [-0.4, -0.2) is 11.4 Å². The van der Waals surface area contributed by atoms with Gasteiger partial charge < -0.3 is 11.1 Å². The Bertz CT molecular complexity index is 364. The first-order valence-electron chi connectivity index (χ1n) is 5.31. The molecule has 3 N–H and O–H groups in total. The molecule has 0 spiro atoms. The van der Waals surface area contributed by atoms with Crippen LogP contribution in [0, 0.1) is 0 Å². The molecule has 1 rings (SSSR count). The average molecular weight is 241 g/mol. The molecule has 1 unspecified atom stereocenters. The number of amides is 1. The van der Waals surface area contributed by atoms with E-state index in [0.717, 1.165) is 12.1 Å². The Morgan fingerprint density at radius 2 is 2.00 bits per heavy atom. The van der Waals surface area contributed by atoms with Gasteiger partial charge in [0.1, 0.15) is 5.54 Å². The highest BCUT2D eigenvalue weighted by molar-refractivity contribution is 6.30. The monoisotopic (exact) mass is 240 g/mol. The lowest BCUT2D eigenvalue weighted by molar-refractivity contribution is -0.122. The van der Waals surface area contributed by atoms with E-state index in [-0.39, 0.29) is 5.91 Å². The number of hydrogen-bond donors (Lipinski definition) is 2. The van der Waals surface area contributed by atoms with Crippen LogP contribution in [0.1, 0.15) is 26.7 Å². The van der Waals surface area contributed by atoms with Crippen molar-refractivity contribution in [2.75, 3.05) is 5.32 Å². The second kappa shape index (κ2) is 5.21. The van der Waals surface area contributed by atoms with Crippen molar-refractivity contribution in [1.82, 2.24) is 0 Å². The zero-order valence-corrected chi connectivity index (χ0v) is 10.3. The summed E-state index contributed by atoms with van der Waals surface area (Å²) in [6.07, 6.45) is 1.59. The zero-order chi connectivity index (χ0) is 12.2. The molecule has 0 bridgehead atoms. The Kier molecular flexibility index (Phi) is 4.19. The van der Waals surface area contributed by atoms with Crippen LogP contribution in [0.2, 0.25) is 5.02 Å². The summed E-state index contributed by atoms with van der Waals surface area (Å²) in [6.45, 7) is 3.83. The first-order chi connectivity index (χ1) is 7.48.